The normalized spacial score (nSPS) is 22.7. The summed E-state index contributed by atoms with van der Waals surface area (Å²) in [4.78, 5) is 27.9. The van der Waals surface area contributed by atoms with E-state index < -0.39 is 6.04 Å². The molecular weight excluding hydrogens is 384 g/mol. The summed E-state index contributed by atoms with van der Waals surface area (Å²) in [6, 6.07) is 5.21. The topological polar surface area (TPSA) is 58.6 Å². The van der Waals surface area contributed by atoms with E-state index in [9.17, 15) is 9.59 Å². The van der Waals surface area contributed by atoms with E-state index in [0.717, 1.165) is 24.1 Å². The van der Waals surface area contributed by atoms with Crippen molar-refractivity contribution in [3.63, 3.8) is 0 Å². The highest BCUT2D eigenvalue weighted by Gasteiger charge is 2.45. The number of nitrogens with zero attached hydrogens (tertiary/aromatic N) is 1. The molecule has 29 heavy (non-hydrogen) atoms. The minimum Gasteiger partial charge on any atom is -0.464 e. The number of hydrogen-bond acceptors (Lipinski definition) is 4. The van der Waals surface area contributed by atoms with Gasteiger partial charge in [0.1, 0.15) is 6.04 Å². The number of carbonyl (C=O) groups is 2. The van der Waals surface area contributed by atoms with Crippen LogP contribution in [0.2, 0.25) is 0 Å². The summed E-state index contributed by atoms with van der Waals surface area (Å²) < 4.78 is 5.51. The van der Waals surface area contributed by atoms with Gasteiger partial charge in [-0.1, -0.05) is 39.2 Å². The standard InChI is InChI=1S/C23H34N2O3S/c1-15(2)13-28-22(26)20-14-29-21(18-8-6-5-7-9-18)25(20)23(27)24-19-11-10-16(3)17(4)12-19/h10-12,15,18,20-21H,5-9,13-14H2,1-4H3,(H,24,27). The van der Waals surface area contributed by atoms with Crippen LogP contribution in [0.25, 0.3) is 0 Å². The van der Waals surface area contributed by atoms with Gasteiger partial charge in [0, 0.05) is 11.4 Å². The molecule has 6 heteroatoms. The summed E-state index contributed by atoms with van der Waals surface area (Å²) in [5.74, 6) is 1.06. The fourth-order valence-electron chi connectivity index (χ4n) is 4.10. The third-order valence-electron chi connectivity index (χ3n) is 5.91. The van der Waals surface area contributed by atoms with Gasteiger partial charge in [-0.05, 0) is 61.8 Å². The number of carbonyl (C=O) groups excluding carboxylic acids is 2. The quantitative estimate of drug-likeness (QED) is 0.654. The first kappa shape index (κ1) is 22.0. The number of urea groups is 1. The van der Waals surface area contributed by atoms with Crippen LogP contribution in [0, 0.1) is 25.7 Å². The Hall–Kier alpha value is -1.69. The average Bonchev–Trinajstić information content (AvgIpc) is 3.15. The molecule has 1 aromatic carbocycles. The summed E-state index contributed by atoms with van der Waals surface area (Å²) >= 11 is 1.74. The summed E-state index contributed by atoms with van der Waals surface area (Å²) in [5.41, 5.74) is 3.09. The van der Waals surface area contributed by atoms with Crippen molar-refractivity contribution >= 4 is 29.4 Å². The van der Waals surface area contributed by atoms with Gasteiger partial charge in [-0.15, -0.1) is 11.8 Å². The van der Waals surface area contributed by atoms with Gasteiger partial charge in [-0.25, -0.2) is 9.59 Å². The number of nitrogens with one attached hydrogen (secondary N) is 1. The number of benzene rings is 1. The average molecular weight is 419 g/mol. The summed E-state index contributed by atoms with van der Waals surface area (Å²) in [5, 5.41) is 3.08. The fraction of sp³-hybridized carbons (Fsp3) is 0.652. The molecule has 5 nitrogen and oxygen atoms in total. The zero-order valence-corrected chi connectivity index (χ0v) is 18.9. The lowest BCUT2D eigenvalue weighted by atomic mass is 9.88. The van der Waals surface area contributed by atoms with E-state index in [1.54, 1.807) is 16.7 Å². The predicted octanol–water partition coefficient (Wildman–Crippen LogP) is 5.36. The summed E-state index contributed by atoms with van der Waals surface area (Å²) in [6.07, 6.45) is 5.92. The Morgan fingerprint density at radius 3 is 2.55 bits per heavy atom. The van der Waals surface area contributed by atoms with Crippen molar-refractivity contribution in [2.45, 2.75) is 71.2 Å². The highest BCUT2D eigenvalue weighted by molar-refractivity contribution is 8.00. The molecule has 2 amide bonds. The van der Waals surface area contributed by atoms with Crippen molar-refractivity contribution in [3.8, 4) is 0 Å². The van der Waals surface area contributed by atoms with Crippen molar-refractivity contribution in [2.24, 2.45) is 11.8 Å². The zero-order valence-electron chi connectivity index (χ0n) is 18.1. The molecule has 1 aliphatic heterocycles. The van der Waals surface area contributed by atoms with Gasteiger partial charge in [0.25, 0.3) is 0 Å². The van der Waals surface area contributed by atoms with Gasteiger partial charge in [-0.2, -0.15) is 0 Å². The minimum absolute atomic E-state index is 0.0402. The van der Waals surface area contributed by atoms with E-state index in [0.29, 0.717) is 18.3 Å². The Morgan fingerprint density at radius 2 is 1.90 bits per heavy atom. The Labute approximate surface area is 178 Å². The lowest BCUT2D eigenvalue weighted by Gasteiger charge is -2.35. The van der Waals surface area contributed by atoms with Crippen LogP contribution in [0.4, 0.5) is 10.5 Å². The Kier molecular flexibility index (Phi) is 7.49. The van der Waals surface area contributed by atoms with E-state index in [1.165, 1.54) is 24.8 Å². The molecule has 0 radical (unpaired) electrons. The van der Waals surface area contributed by atoms with Crippen molar-refractivity contribution in [3.05, 3.63) is 29.3 Å². The molecule has 2 atom stereocenters. The second kappa shape index (κ2) is 9.88. The van der Waals surface area contributed by atoms with E-state index in [-0.39, 0.29) is 23.3 Å². The van der Waals surface area contributed by atoms with Crippen LogP contribution in [0.1, 0.15) is 57.1 Å². The second-order valence-electron chi connectivity index (χ2n) is 8.80. The number of esters is 1. The van der Waals surface area contributed by atoms with Crippen molar-refractivity contribution < 1.29 is 14.3 Å². The maximum absolute atomic E-state index is 13.3. The van der Waals surface area contributed by atoms with E-state index in [1.807, 2.05) is 39.0 Å². The zero-order chi connectivity index (χ0) is 21.0. The first-order chi connectivity index (χ1) is 13.9. The predicted molar refractivity (Wildman–Crippen MR) is 119 cm³/mol. The van der Waals surface area contributed by atoms with Crippen LogP contribution in [-0.2, 0) is 9.53 Å². The Morgan fingerprint density at radius 1 is 1.17 bits per heavy atom. The van der Waals surface area contributed by atoms with Gasteiger partial charge in [-0.3, -0.25) is 4.90 Å². The molecule has 2 aliphatic rings. The molecule has 1 aromatic rings. The van der Waals surface area contributed by atoms with Crippen LogP contribution in [0.5, 0.6) is 0 Å². The van der Waals surface area contributed by atoms with E-state index in [2.05, 4.69) is 12.2 Å². The van der Waals surface area contributed by atoms with Crippen LogP contribution in [-0.4, -0.2) is 40.7 Å². The molecule has 1 saturated heterocycles. The fourth-order valence-corrected chi connectivity index (χ4v) is 5.72. The van der Waals surface area contributed by atoms with Crippen molar-refractivity contribution in [2.75, 3.05) is 17.7 Å². The Balaban J connectivity index is 1.78. The third kappa shape index (κ3) is 5.47. The highest BCUT2D eigenvalue weighted by atomic mass is 32.2. The summed E-state index contributed by atoms with van der Waals surface area (Å²) in [7, 11) is 0. The molecule has 3 rings (SSSR count). The highest BCUT2D eigenvalue weighted by Crippen LogP contribution is 2.41. The molecule has 0 spiro atoms. The first-order valence-corrected chi connectivity index (χ1v) is 11.9. The molecular formula is C23H34N2O3S. The number of rotatable bonds is 5. The number of ether oxygens (including phenoxy) is 1. The van der Waals surface area contributed by atoms with Crippen LogP contribution < -0.4 is 5.32 Å². The van der Waals surface area contributed by atoms with Gasteiger partial charge in [0.05, 0.1) is 12.0 Å². The SMILES string of the molecule is Cc1ccc(NC(=O)N2C(C(=O)OCC(C)C)CSC2C2CCCCC2)cc1C. The summed E-state index contributed by atoms with van der Waals surface area (Å²) in [6.45, 7) is 8.52. The molecule has 1 N–H and O–H groups in total. The third-order valence-corrected chi connectivity index (χ3v) is 7.37. The number of aryl methyl sites for hydroxylation is 2. The number of amides is 2. The first-order valence-electron chi connectivity index (χ1n) is 10.8. The molecule has 2 fully saturated rings. The van der Waals surface area contributed by atoms with Crippen LogP contribution in [0.3, 0.4) is 0 Å². The van der Waals surface area contributed by atoms with Gasteiger partial charge in [0.2, 0.25) is 0 Å². The molecule has 1 heterocycles. The number of anilines is 1. The molecule has 1 aliphatic carbocycles. The second-order valence-corrected chi connectivity index (χ2v) is 9.95. The molecule has 160 valence electrons. The maximum atomic E-state index is 13.3. The molecule has 2 unspecified atom stereocenters. The lowest BCUT2D eigenvalue weighted by Crippen LogP contribution is -2.50. The van der Waals surface area contributed by atoms with Gasteiger partial charge >= 0.3 is 12.0 Å². The molecule has 1 saturated carbocycles. The van der Waals surface area contributed by atoms with Crippen molar-refractivity contribution in [1.82, 2.24) is 4.90 Å². The largest absolute Gasteiger partial charge is 0.464 e. The van der Waals surface area contributed by atoms with Crippen LogP contribution >= 0.6 is 11.8 Å². The van der Waals surface area contributed by atoms with E-state index >= 15 is 0 Å². The minimum atomic E-state index is -0.516. The molecule has 0 bridgehead atoms. The van der Waals surface area contributed by atoms with Gasteiger partial charge in [0.15, 0.2) is 0 Å². The van der Waals surface area contributed by atoms with E-state index in [4.69, 9.17) is 4.74 Å². The Bertz CT molecular complexity index is 731. The lowest BCUT2D eigenvalue weighted by molar-refractivity contribution is -0.149. The monoisotopic (exact) mass is 418 g/mol. The smallest absolute Gasteiger partial charge is 0.329 e. The maximum Gasteiger partial charge on any atom is 0.329 e. The van der Waals surface area contributed by atoms with Crippen molar-refractivity contribution in [1.29, 1.82) is 0 Å². The molecule has 0 aromatic heterocycles. The number of hydrogen-bond donors (Lipinski definition) is 1. The van der Waals surface area contributed by atoms with Crippen LogP contribution in [0.15, 0.2) is 18.2 Å². The van der Waals surface area contributed by atoms with Gasteiger partial charge < -0.3 is 10.1 Å². The number of thioether (sulfide) groups is 1.